The molecular weight excluding hydrogens is 334 g/mol. The van der Waals surface area contributed by atoms with E-state index in [0.717, 1.165) is 10.5 Å². The molecule has 0 aromatic heterocycles. The molecule has 26 heavy (non-hydrogen) atoms. The zero-order chi connectivity index (χ0) is 19.5. The molecule has 1 aromatic carbocycles. The molecule has 2 rings (SSSR count). The first-order chi connectivity index (χ1) is 12.0. The van der Waals surface area contributed by atoms with Gasteiger partial charge in [0.05, 0.1) is 6.54 Å². The normalized spacial score (nSPS) is 15.3. The number of ether oxygens (including phenoxy) is 3. The first-order valence-electron chi connectivity index (χ1n) is 8.60. The van der Waals surface area contributed by atoms with E-state index in [9.17, 15) is 9.59 Å². The second-order valence-corrected chi connectivity index (χ2v) is 8.11. The molecule has 0 radical (unpaired) electrons. The topological polar surface area (TPSA) is 65.1 Å². The van der Waals surface area contributed by atoms with Gasteiger partial charge in [-0.25, -0.2) is 9.69 Å². The summed E-state index contributed by atoms with van der Waals surface area (Å²) in [7, 11) is 0. The maximum Gasteiger partial charge on any atom is 0.417 e. The molecule has 142 valence electrons. The Bertz CT molecular complexity index is 695. The molecule has 1 aliphatic rings. The first kappa shape index (κ1) is 19.8. The summed E-state index contributed by atoms with van der Waals surface area (Å²) in [4.78, 5) is 26.0. The molecule has 0 spiro atoms. The van der Waals surface area contributed by atoms with Crippen molar-refractivity contribution in [1.29, 1.82) is 0 Å². The average molecular weight is 361 g/mol. The van der Waals surface area contributed by atoms with Gasteiger partial charge in [0, 0.05) is 0 Å². The second-order valence-electron chi connectivity index (χ2n) is 8.11. The Hall–Kier alpha value is -2.50. The van der Waals surface area contributed by atoms with Gasteiger partial charge >= 0.3 is 12.0 Å². The third-order valence-electron chi connectivity index (χ3n) is 3.27. The van der Waals surface area contributed by atoms with Crippen molar-refractivity contribution in [1.82, 2.24) is 4.90 Å². The van der Waals surface area contributed by atoms with Crippen LogP contribution in [0.5, 0.6) is 0 Å². The molecule has 1 aliphatic heterocycles. The van der Waals surface area contributed by atoms with Crippen LogP contribution in [0.2, 0.25) is 0 Å². The van der Waals surface area contributed by atoms with Gasteiger partial charge in [0.25, 0.3) is 0 Å². The molecule has 1 heterocycles. The number of nitrogens with zero attached hydrogens (tertiary/aromatic N) is 1. The van der Waals surface area contributed by atoms with Gasteiger partial charge < -0.3 is 14.2 Å². The predicted octanol–water partition coefficient (Wildman–Crippen LogP) is 4.01. The minimum atomic E-state index is -0.712. The standard InChI is InChI=1S/C20H27NO5/c1-19(2,3)25-16-15(24-13-14-10-8-7-9-11-14)12-21(17(16)22)18(23)26-20(4,5)6/h7-11H,12-13H2,1-6H3. The van der Waals surface area contributed by atoms with Crippen LogP contribution in [-0.4, -0.2) is 34.6 Å². The SMILES string of the molecule is CC(C)(C)OC(=O)N1CC(OCc2ccccc2)=C(OC(C)(C)C)C1=O. The summed E-state index contributed by atoms with van der Waals surface area (Å²) in [6, 6.07) is 9.58. The van der Waals surface area contributed by atoms with E-state index in [1.54, 1.807) is 20.8 Å². The van der Waals surface area contributed by atoms with E-state index in [0.29, 0.717) is 5.76 Å². The van der Waals surface area contributed by atoms with E-state index in [1.807, 2.05) is 51.1 Å². The summed E-state index contributed by atoms with van der Waals surface area (Å²) in [6.07, 6.45) is -0.712. The van der Waals surface area contributed by atoms with Crippen LogP contribution < -0.4 is 0 Å². The number of imide groups is 1. The fraction of sp³-hybridized carbons (Fsp3) is 0.500. The van der Waals surface area contributed by atoms with Crippen molar-refractivity contribution in [2.45, 2.75) is 59.4 Å². The smallest absolute Gasteiger partial charge is 0.417 e. The van der Waals surface area contributed by atoms with Crippen LogP contribution >= 0.6 is 0 Å². The minimum absolute atomic E-state index is 0.00794. The average Bonchev–Trinajstić information content (AvgIpc) is 2.80. The molecule has 0 aliphatic carbocycles. The largest absolute Gasteiger partial charge is 0.487 e. The fourth-order valence-electron chi connectivity index (χ4n) is 2.26. The van der Waals surface area contributed by atoms with Gasteiger partial charge in [0.2, 0.25) is 5.76 Å². The summed E-state index contributed by atoms with van der Waals surface area (Å²) >= 11 is 0. The summed E-state index contributed by atoms with van der Waals surface area (Å²) < 4.78 is 16.9. The van der Waals surface area contributed by atoms with Crippen molar-refractivity contribution < 1.29 is 23.8 Å². The Balaban J connectivity index is 2.18. The zero-order valence-electron chi connectivity index (χ0n) is 16.3. The van der Waals surface area contributed by atoms with E-state index >= 15 is 0 Å². The van der Waals surface area contributed by atoms with Gasteiger partial charge in [-0.3, -0.25) is 4.79 Å². The van der Waals surface area contributed by atoms with E-state index in [-0.39, 0.29) is 18.9 Å². The summed E-state index contributed by atoms with van der Waals surface area (Å²) in [6.45, 7) is 11.0. The van der Waals surface area contributed by atoms with Crippen LogP contribution in [0.1, 0.15) is 47.1 Å². The van der Waals surface area contributed by atoms with Crippen LogP contribution in [0.3, 0.4) is 0 Å². The molecule has 0 unspecified atom stereocenters. The third-order valence-corrected chi connectivity index (χ3v) is 3.27. The van der Waals surface area contributed by atoms with Gasteiger partial charge in [0.1, 0.15) is 17.8 Å². The van der Waals surface area contributed by atoms with Crippen molar-refractivity contribution in [2.24, 2.45) is 0 Å². The highest BCUT2D eigenvalue weighted by atomic mass is 16.6. The number of rotatable bonds is 4. The first-order valence-corrected chi connectivity index (χ1v) is 8.60. The second kappa shape index (κ2) is 7.40. The lowest BCUT2D eigenvalue weighted by Gasteiger charge is -2.24. The van der Waals surface area contributed by atoms with Crippen LogP contribution in [-0.2, 0) is 25.6 Å². The van der Waals surface area contributed by atoms with Crippen molar-refractivity contribution in [2.75, 3.05) is 6.54 Å². The van der Waals surface area contributed by atoms with Gasteiger partial charge in [-0.15, -0.1) is 0 Å². The van der Waals surface area contributed by atoms with Gasteiger partial charge in [-0.2, -0.15) is 0 Å². The molecule has 2 amide bonds. The molecule has 0 bridgehead atoms. The van der Waals surface area contributed by atoms with Gasteiger partial charge in [-0.1, -0.05) is 30.3 Å². The summed E-state index contributed by atoms with van der Waals surface area (Å²) in [5, 5.41) is 0. The molecular formula is C20H27NO5. The lowest BCUT2D eigenvalue weighted by atomic mass is 10.2. The maximum atomic E-state index is 12.7. The van der Waals surface area contributed by atoms with Crippen molar-refractivity contribution in [3.8, 4) is 0 Å². The third kappa shape index (κ3) is 5.51. The lowest BCUT2D eigenvalue weighted by molar-refractivity contribution is -0.130. The highest BCUT2D eigenvalue weighted by molar-refractivity contribution is 6.04. The molecule has 0 saturated heterocycles. The Morgan fingerprint density at radius 2 is 1.65 bits per heavy atom. The molecule has 0 N–H and O–H groups in total. The van der Waals surface area contributed by atoms with Crippen LogP contribution in [0.15, 0.2) is 41.9 Å². The van der Waals surface area contributed by atoms with Crippen molar-refractivity contribution in [3.05, 3.63) is 47.4 Å². The van der Waals surface area contributed by atoms with Crippen LogP contribution in [0, 0.1) is 0 Å². The summed E-state index contributed by atoms with van der Waals surface area (Å²) in [5.74, 6) is -0.156. The quantitative estimate of drug-likeness (QED) is 0.811. The molecule has 1 aromatic rings. The molecule has 0 fully saturated rings. The highest BCUT2D eigenvalue weighted by Gasteiger charge is 2.41. The van der Waals surface area contributed by atoms with Crippen LogP contribution in [0.25, 0.3) is 0 Å². The number of benzene rings is 1. The van der Waals surface area contributed by atoms with Crippen molar-refractivity contribution in [3.63, 3.8) is 0 Å². The number of hydrogen-bond acceptors (Lipinski definition) is 5. The van der Waals surface area contributed by atoms with Crippen molar-refractivity contribution >= 4 is 12.0 Å². The number of carbonyl (C=O) groups is 2. The molecule has 0 atom stereocenters. The van der Waals surface area contributed by atoms with E-state index in [4.69, 9.17) is 14.2 Å². The monoisotopic (exact) mass is 361 g/mol. The van der Waals surface area contributed by atoms with Gasteiger partial charge in [-0.05, 0) is 47.1 Å². The minimum Gasteiger partial charge on any atom is -0.487 e. The number of amides is 2. The molecule has 6 heteroatoms. The predicted molar refractivity (Wildman–Crippen MR) is 97.0 cm³/mol. The van der Waals surface area contributed by atoms with E-state index in [2.05, 4.69) is 0 Å². The van der Waals surface area contributed by atoms with E-state index < -0.39 is 23.2 Å². The molecule has 6 nitrogen and oxygen atoms in total. The zero-order valence-corrected chi connectivity index (χ0v) is 16.3. The number of hydrogen-bond donors (Lipinski definition) is 0. The maximum absolute atomic E-state index is 12.7. The Morgan fingerprint density at radius 1 is 1.04 bits per heavy atom. The van der Waals surface area contributed by atoms with Crippen LogP contribution in [0.4, 0.5) is 4.79 Å². The van der Waals surface area contributed by atoms with Gasteiger partial charge in [0.15, 0.2) is 5.76 Å². The van der Waals surface area contributed by atoms with E-state index in [1.165, 1.54) is 0 Å². The fourth-order valence-corrected chi connectivity index (χ4v) is 2.26. The highest BCUT2D eigenvalue weighted by Crippen LogP contribution is 2.28. The number of carbonyl (C=O) groups excluding carboxylic acids is 2. The summed E-state index contributed by atoms with van der Waals surface area (Å²) in [5.41, 5.74) is -0.343. The lowest BCUT2D eigenvalue weighted by Crippen LogP contribution is -2.39. The Labute approximate surface area is 154 Å². The molecule has 0 saturated carbocycles. The Kier molecular flexibility index (Phi) is 5.64. The Morgan fingerprint density at radius 3 is 2.19 bits per heavy atom.